The van der Waals surface area contributed by atoms with Crippen LogP contribution < -0.4 is 0 Å². The molecule has 3 heteroatoms. The molecule has 3 atom stereocenters. The lowest BCUT2D eigenvalue weighted by molar-refractivity contribution is -0.0166. The zero-order valence-corrected chi connectivity index (χ0v) is 11.2. The normalized spacial score (nSPS) is 39.2. The monoisotopic (exact) mass is 275 g/mol. The van der Waals surface area contributed by atoms with E-state index in [1.54, 1.807) is 0 Å². The lowest BCUT2D eigenvalue weighted by Gasteiger charge is -2.38. The number of alkyl halides is 1. The largest absolute Gasteiger partial charge is 0.377 e. The van der Waals surface area contributed by atoms with Crippen LogP contribution in [0.3, 0.4) is 0 Å². The van der Waals surface area contributed by atoms with Crippen LogP contribution >= 0.6 is 15.9 Å². The van der Waals surface area contributed by atoms with Crippen LogP contribution in [-0.2, 0) is 4.74 Å². The molecule has 0 saturated carbocycles. The first-order valence-electron chi connectivity index (χ1n) is 6.25. The van der Waals surface area contributed by atoms with Gasteiger partial charge in [-0.05, 0) is 39.0 Å². The van der Waals surface area contributed by atoms with Gasteiger partial charge in [-0.3, -0.25) is 4.90 Å². The number of halogens is 1. The Morgan fingerprint density at radius 2 is 2.13 bits per heavy atom. The van der Waals surface area contributed by atoms with Crippen LogP contribution in [0.15, 0.2) is 0 Å². The Labute approximate surface area is 101 Å². The van der Waals surface area contributed by atoms with Gasteiger partial charge in [0.15, 0.2) is 0 Å². The molecule has 2 aliphatic rings. The maximum Gasteiger partial charge on any atom is 0.0702 e. The zero-order valence-electron chi connectivity index (χ0n) is 9.62. The third-order valence-corrected chi connectivity index (χ3v) is 4.41. The van der Waals surface area contributed by atoms with Crippen molar-refractivity contribution in [3.63, 3.8) is 0 Å². The van der Waals surface area contributed by atoms with Gasteiger partial charge in [0.05, 0.1) is 6.10 Å². The minimum absolute atomic E-state index is 0.499. The highest BCUT2D eigenvalue weighted by atomic mass is 79.9. The Bertz CT molecular complexity index is 194. The highest BCUT2D eigenvalue weighted by Crippen LogP contribution is 2.24. The third kappa shape index (κ3) is 3.43. The lowest BCUT2D eigenvalue weighted by Crippen LogP contribution is -2.46. The number of ether oxygens (including phenoxy) is 1. The molecular weight excluding hydrogens is 254 g/mol. The van der Waals surface area contributed by atoms with Crippen LogP contribution in [0.4, 0.5) is 0 Å². The average Bonchev–Trinajstić information content (AvgIpc) is 2.25. The first-order chi connectivity index (χ1) is 7.25. The molecule has 3 unspecified atom stereocenters. The fourth-order valence-corrected chi connectivity index (χ4v) is 3.23. The van der Waals surface area contributed by atoms with Crippen molar-refractivity contribution < 1.29 is 4.74 Å². The van der Waals surface area contributed by atoms with Crippen molar-refractivity contribution in [2.45, 2.75) is 56.0 Å². The van der Waals surface area contributed by atoms with Crippen LogP contribution in [0.5, 0.6) is 0 Å². The van der Waals surface area contributed by atoms with Crippen molar-refractivity contribution in [2.75, 3.05) is 19.7 Å². The SMILES string of the molecule is CC1CCC(Br)CN1CC1CCCCO1. The fourth-order valence-electron chi connectivity index (χ4n) is 2.60. The summed E-state index contributed by atoms with van der Waals surface area (Å²) in [5.41, 5.74) is 0. The summed E-state index contributed by atoms with van der Waals surface area (Å²) in [5.74, 6) is 0. The molecule has 0 aromatic heterocycles. The molecule has 0 aromatic carbocycles. The highest BCUT2D eigenvalue weighted by molar-refractivity contribution is 9.09. The van der Waals surface area contributed by atoms with E-state index in [9.17, 15) is 0 Å². The summed E-state index contributed by atoms with van der Waals surface area (Å²) in [7, 11) is 0. The zero-order chi connectivity index (χ0) is 10.7. The van der Waals surface area contributed by atoms with E-state index in [0.717, 1.165) is 19.2 Å². The molecule has 0 bridgehead atoms. The molecule has 0 radical (unpaired) electrons. The van der Waals surface area contributed by atoms with Crippen LogP contribution in [0.25, 0.3) is 0 Å². The van der Waals surface area contributed by atoms with Gasteiger partial charge >= 0.3 is 0 Å². The van der Waals surface area contributed by atoms with Gasteiger partial charge in [0, 0.05) is 30.6 Å². The van der Waals surface area contributed by atoms with Crippen molar-refractivity contribution in [1.82, 2.24) is 4.90 Å². The molecular formula is C12H22BrNO. The molecule has 2 rings (SSSR count). The number of piperidine rings is 1. The van der Waals surface area contributed by atoms with Crippen molar-refractivity contribution >= 4 is 15.9 Å². The molecule has 15 heavy (non-hydrogen) atoms. The average molecular weight is 276 g/mol. The van der Waals surface area contributed by atoms with Gasteiger partial charge in [0.2, 0.25) is 0 Å². The van der Waals surface area contributed by atoms with Crippen molar-refractivity contribution in [3.05, 3.63) is 0 Å². The van der Waals surface area contributed by atoms with Gasteiger partial charge in [0.1, 0.15) is 0 Å². The van der Waals surface area contributed by atoms with E-state index in [2.05, 4.69) is 27.8 Å². The minimum Gasteiger partial charge on any atom is -0.377 e. The molecule has 0 spiro atoms. The Kier molecular flexibility index (Phi) is 4.47. The molecule has 0 amide bonds. The van der Waals surface area contributed by atoms with Gasteiger partial charge in [-0.2, -0.15) is 0 Å². The Balaban J connectivity index is 1.80. The fraction of sp³-hybridized carbons (Fsp3) is 1.00. The second kappa shape index (κ2) is 5.65. The summed E-state index contributed by atoms with van der Waals surface area (Å²) in [6.07, 6.45) is 7.01. The van der Waals surface area contributed by atoms with E-state index in [-0.39, 0.29) is 0 Å². The number of nitrogens with zero attached hydrogens (tertiary/aromatic N) is 1. The Morgan fingerprint density at radius 1 is 1.27 bits per heavy atom. The van der Waals surface area contributed by atoms with Crippen molar-refractivity contribution in [2.24, 2.45) is 0 Å². The molecule has 0 aliphatic carbocycles. The number of rotatable bonds is 2. The van der Waals surface area contributed by atoms with Gasteiger partial charge in [-0.15, -0.1) is 0 Å². The summed E-state index contributed by atoms with van der Waals surface area (Å²) in [5, 5.41) is 0. The smallest absolute Gasteiger partial charge is 0.0702 e. The van der Waals surface area contributed by atoms with Crippen molar-refractivity contribution in [3.8, 4) is 0 Å². The molecule has 0 N–H and O–H groups in total. The first-order valence-corrected chi connectivity index (χ1v) is 7.17. The van der Waals surface area contributed by atoms with E-state index in [1.807, 2.05) is 0 Å². The Hall–Kier alpha value is 0.400. The molecule has 2 nitrogen and oxygen atoms in total. The second-order valence-corrected chi connectivity index (χ2v) is 6.26. The molecule has 2 aliphatic heterocycles. The number of hydrogen-bond donors (Lipinski definition) is 0. The summed E-state index contributed by atoms with van der Waals surface area (Å²) >= 11 is 3.74. The highest BCUT2D eigenvalue weighted by Gasteiger charge is 2.26. The van der Waals surface area contributed by atoms with Gasteiger partial charge in [-0.1, -0.05) is 15.9 Å². The van der Waals surface area contributed by atoms with Gasteiger partial charge < -0.3 is 4.74 Å². The third-order valence-electron chi connectivity index (χ3n) is 3.67. The van der Waals surface area contributed by atoms with Gasteiger partial charge in [-0.25, -0.2) is 0 Å². The molecule has 0 aromatic rings. The van der Waals surface area contributed by atoms with E-state index in [0.29, 0.717) is 10.9 Å². The number of likely N-dealkylation sites (tertiary alicyclic amines) is 1. The summed E-state index contributed by atoms with van der Waals surface area (Å²) < 4.78 is 5.81. The molecule has 2 fully saturated rings. The first kappa shape index (κ1) is 11.9. The van der Waals surface area contributed by atoms with Crippen LogP contribution in [0, 0.1) is 0 Å². The second-order valence-electron chi connectivity index (χ2n) is 4.97. The lowest BCUT2D eigenvalue weighted by atomic mass is 10.0. The standard InChI is InChI=1S/C12H22BrNO/c1-10-5-6-11(13)8-14(10)9-12-4-2-3-7-15-12/h10-12H,2-9H2,1H3. The maximum absolute atomic E-state index is 5.81. The Morgan fingerprint density at radius 3 is 2.87 bits per heavy atom. The van der Waals surface area contributed by atoms with E-state index in [1.165, 1.54) is 38.6 Å². The van der Waals surface area contributed by atoms with E-state index < -0.39 is 0 Å². The predicted octanol–water partition coefficient (Wildman–Crippen LogP) is 2.80. The van der Waals surface area contributed by atoms with Crippen LogP contribution in [0.1, 0.15) is 39.0 Å². The number of hydrogen-bond acceptors (Lipinski definition) is 2. The molecule has 88 valence electrons. The van der Waals surface area contributed by atoms with Crippen molar-refractivity contribution in [1.29, 1.82) is 0 Å². The topological polar surface area (TPSA) is 12.5 Å². The van der Waals surface area contributed by atoms with E-state index >= 15 is 0 Å². The van der Waals surface area contributed by atoms with Crippen LogP contribution in [-0.4, -0.2) is 41.6 Å². The summed E-state index contributed by atoms with van der Waals surface area (Å²) in [6.45, 7) is 5.66. The summed E-state index contributed by atoms with van der Waals surface area (Å²) in [6, 6.07) is 0.740. The quantitative estimate of drug-likeness (QED) is 0.719. The maximum atomic E-state index is 5.81. The van der Waals surface area contributed by atoms with E-state index in [4.69, 9.17) is 4.74 Å². The predicted molar refractivity (Wildman–Crippen MR) is 66.6 cm³/mol. The molecule has 2 saturated heterocycles. The van der Waals surface area contributed by atoms with Crippen LogP contribution in [0.2, 0.25) is 0 Å². The van der Waals surface area contributed by atoms with Gasteiger partial charge in [0.25, 0.3) is 0 Å². The minimum atomic E-state index is 0.499. The molecule has 2 heterocycles. The summed E-state index contributed by atoms with van der Waals surface area (Å²) in [4.78, 5) is 3.29.